The molecule has 0 heterocycles. The number of hydrogen-bond donors (Lipinski definition) is 1. The summed E-state index contributed by atoms with van der Waals surface area (Å²) in [6.45, 7) is 17.4. The summed E-state index contributed by atoms with van der Waals surface area (Å²) >= 11 is 0. The average molecular weight is 290 g/mol. The van der Waals surface area contributed by atoms with Gasteiger partial charge in [0.2, 0.25) is 0 Å². The van der Waals surface area contributed by atoms with Crippen LogP contribution in [0.5, 0.6) is 0 Å². The van der Waals surface area contributed by atoms with Crippen LogP contribution >= 0.6 is 0 Å². The number of hydrogen-bond acceptors (Lipinski definition) is 1. The van der Waals surface area contributed by atoms with Gasteiger partial charge < -0.3 is 5.11 Å². The van der Waals surface area contributed by atoms with Crippen LogP contribution in [0, 0.1) is 22.7 Å². The fraction of sp³-hybridized carbons (Fsp3) is 0.800. The highest BCUT2D eigenvalue weighted by Gasteiger charge is 2.52. The standard InChI is InChI=1S/C20H34O/c1-7-19(5,21)14-11-16-15(2)9-10-17-18(3,4)12-8-13-20(16,17)6/h7,16-17,21H,1-2,8-14H2,3-6H3/t16-,17+,19+,20+/m1/s1. The van der Waals surface area contributed by atoms with Crippen LogP contribution in [0.4, 0.5) is 0 Å². The Morgan fingerprint density at radius 1 is 1.33 bits per heavy atom. The maximum absolute atomic E-state index is 10.3. The van der Waals surface area contributed by atoms with Gasteiger partial charge in [-0.2, -0.15) is 0 Å². The van der Waals surface area contributed by atoms with E-state index in [1.54, 1.807) is 6.08 Å². The van der Waals surface area contributed by atoms with Gasteiger partial charge in [-0.1, -0.05) is 45.4 Å². The molecule has 4 atom stereocenters. The van der Waals surface area contributed by atoms with Crippen LogP contribution in [-0.2, 0) is 0 Å². The first-order chi connectivity index (χ1) is 9.62. The molecule has 2 aliphatic rings. The lowest BCUT2D eigenvalue weighted by atomic mass is 9.47. The largest absolute Gasteiger partial charge is 0.386 e. The Morgan fingerprint density at radius 2 is 2.00 bits per heavy atom. The van der Waals surface area contributed by atoms with E-state index in [0.29, 0.717) is 16.7 Å². The molecule has 1 heteroatoms. The molecule has 0 unspecified atom stereocenters. The van der Waals surface area contributed by atoms with Crippen molar-refractivity contribution in [2.45, 2.75) is 78.2 Å². The summed E-state index contributed by atoms with van der Waals surface area (Å²) in [6, 6.07) is 0. The third-order valence-corrected chi connectivity index (χ3v) is 6.70. The first-order valence-electron chi connectivity index (χ1n) is 8.66. The number of allylic oxidation sites excluding steroid dienone is 1. The van der Waals surface area contributed by atoms with E-state index in [2.05, 4.69) is 33.9 Å². The molecule has 0 amide bonds. The monoisotopic (exact) mass is 290 g/mol. The van der Waals surface area contributed by atoms with Crippen LogP contribution in [0.1, 0.15) is 72.6 Å². The molecule has 0 aromatic heterocycles. The summed E-state index contributed by atoms with van der Waals surface area (Å²) in [5.74, 6) is 1.35. The fourth-order valence-corrected chi connectivity index (χ4v) is 5.35. The van der Waals surface area contributed by atoms with Crippen molar-refractivity contribution in [3.63, 3.8) is 0 Å². The Labute approximate surface area is 131 Å². The molecule has 120 valence electrons. The van der Waals surface area contributed by atoms with Gasteiger partial charge in [-0.3, -0.25) is 0 Å². The summed E-state index contributed by atoms with van der Waals surface area (Å²) in [7, 11) is 0. The van der Waals surface area contributed by atoms with E-state index in [-0.39, 0.29) is 0 Å². The van der Waals surface area contributed by atoms with Crippen molar-refractivity contribution in [3.8, 4) is 0 Å². The fourth-order valence-electron chi connectivity index (χ4n) is 5.35. The second-order valence-corrected chi connectivity index (χ2v) is 8.75. The minimum atomic E-state index is -0.742. The highest BCUT2D eigenvalue weighted by atomic mass is 16.3. The van der Waals surface area contributed by atoms with Crippen LogP contribution in [0.3, 0.4) is 0 Å². The van der Waals surface area contributed by atoms with Crippen molar-refractivity contribution in [1.29, 1.82) is 0 Å². The van der Waals surface area contributed by atoms with Gasteiger partial charge in [0.05, 0.1) is 5.60 Å². The normalized spacial score (nSPS) is 38.4. The zero-order valence-corrected chi connectivity index (χ0v) is 14.5. The molecule has 2 fully saturated rings. The molecule has 0 bridgehead atoms. The average Bonchev–Trinajstić information content (AvgIpc) is 2.36. The van der Waals surface area contributed by atoms with Gasteiger partial charge in [-0.05, 0) is 68.1 Å². The van der Waals surface area contributed by atoms with Crippen molar-refractivity contribution in [1.82, 2.24) is 0 Å². The number of rotatable bonds is 4. The van der Waals surface area contributed by atoms with E-state index >= 15 is 0 Å². The Bertz CT molecular complexity index is 418. The molecule has 0 radical (unpaired) electrons. The quantitative estimate of drug-likeness (QED) is 0.678. The maximum Gasteiger partial charge on any atom is 0.0797 e. The predicted molar refractivity (Wildman–Crippen MR) is 91.1 cm³/mol. The van der Waals surface area contributed by atoms with Gasteiger partial charge in [0.1, 0.15) is 0 Å². The molecule has 1 N–H and O–H groups in total. The molecule has 2 aliphatic carbocycles. The van der Waals surface area contributed by atoms with Crippen LogP contribution in [0.2, 0.25) is 0 Å². The van der Waals surface area contributed by atoms with Crippen molar-refractivity contribution in [2.75, 3.05) is 0 Å². The van der Waals surface area contributed by atoms with Gasteiger partial charge in [0.25, 0.3) is 0 Å². The first kappa shape index (κ1) is 16.8. The molecular weight excluding hydrogens is 256 g/mol. The van der Waals surface area contributed by atoms with Gasteiger partial charge >= 0.3 is 0 Å². The van der Waals surface area contributed by atoms with Gasteiger partial charge in [-0.25, -0.2) is 0 Å². The Morgan fingerprint density at radius 3 is 2.62 bits per heavy atom. The summed E-state index contributed by atoms with van der Waals surface area (Å²) in [5.41, 5.74) is 1.50. The molecule has 0 saturated heterocycles. The SMILES string of the molecule is C=C[C@](C)(O)CC[C@@H]1C(=C)CC[C@H]2C(C)(C)CCC[C@@]12C. The molecule has 21 heavy (non-hydrogen) atoms. The van der Waals surface area contributed by atoms with Crippen LogP contribution in [-0.4, -0.2) is 10.7 Å². The highest BCUT2D eigenvalue weighted by Crippen LogP contribution is 2.61. The smallest absolute Gasteiger partial charge is 0.0797 e. The minimum Gasteiger partial charge on any atom is -0.386 e. The molecule has 0 aromatic carbocycles. The Balaban J connectivity index is 2.21. The van der Waals surface area contributed by atoms with Gasteiger partial charge in [-0.15, -0.1) is 6.58 Å². The summed E-state index contributed by atoms with van der Waals surface area (Å²) in [4.78, 5) is 0. The van der Waals surface area contributed by atoms with Crippen molar-refractivity contribution in [2.24, 2.45) is 22.7 Å². The van der Waals surface area contributed by atoms with Crippen molar-refractivity contribution >= 4 is 0 Å². The van der Waals surface area contributed by atoms with E-state index in [4.69, 9.17) is 0 Å². The molecule has 0 aromatic rings. The van der Waals surface area contributed by atoms with Crippen molar-refractivity contribution in [3.05, 3.63) is 24.8 Å². The third-order valence-electron chi connectivity index (χ3n) is 6.70. The van der Waals surface area contributed by atoms with Crippen LogP contribution < -0.4 is 0 Å². The van der Waals surface area contributed by atoms with E-state index in [1.807, 2.05) is 6.92 Å². The Kier molecular flexibility index (Phi) is 4.46. The predicted octanol–water partition coefficient (Wildman–Crippen LogP) is 5.50. The lowest BCUT2D eigenvalue weighted by Gasteiger charge is -2.58. The highest BCUT2D eigenvalue weighted by molar-refractivity contribution is 5.16. The van der Waals surface area contributed by atoms with E-state index in [0.717, 1.165) is 18.8 Å². The summed E-state index contributed by atoms with van der Waals surface area (Å²) < 4.78 is 0. The second-order valence-electron chi connectivity index (χ2n) is 8.75. The van der Waals surface area contributed by atoms with Crippen LogP contribution in [0.25, 0.3) is 0 Å². The minimum absolute atomic E-state index is 0.369. The van der Waals surface area contributed by atoms with E-state index in [9.17, 15) is 5.11 Å². The van der Waals surface area contributed by atoms with Gasteiger partial charge in [0, 0.05) is 0 Å². The zero-order valence-electron chi connectivity index (χ0n) is 14.5. The lowest BCUT2D eigenvalue weighted by molar-refractivity contribution is -0.0583. The molecule has 0 spiro atoms. The third kappa shape index (κ3) is 3.13. The molecule has 1 nitrogen and oxygen atoms in total. The molecule has 2 rings (SSSR count). The summed E-state index contributed by atoms with van der Waals surface area (Å²) in [5, 5.41) is 10.3. The summed E-state index contributed by atoms with van der Waals surface area (Å²) in [6.07, 6.45) is 10.0. The van der Waals surface area contributed by atoms with Crippen LogP contribution in [0.15, 0.2) is 24.8 Å². The lowest BCUT2D eigenvalue weighted by Crippen LogP contribution is -2.49. The zero-order chi connectivity index (χ0) is 15.9. The van der Waals surface area contributed by atoms with Gasteiger partial charge in [0.15, 0.2) is 0 Å². The van der Waals surface area contributed by atoms with E-state index < -0.39 is 5.60 Å². The Hall–Kier alpha value is -0.560. The number of fused-ring (bicyclic) bond motifs is 1. The van der Waals surface area contributed by atoms with Crippen molar-refractivity contribution < 1.29 is 5.11 Å². The maximum atomic E-state index is 10.3. The molecular formula is C20H34O. The first-order valence-corrected chi connectivity index (χ1v) is 8.66. The topological polar surface area (TPSA) is 20.2 Å². The number of aliphatic hydroxyl groups is 1. The molecule has 0 aliphatic heterocycles. The van der Waals surface area contributed by atoms with E-state index in [1.165, 1.54) is 37.7 Å². The second kappa shape index (κ2) is 5.57. The molecule has 2 saturated carbocycles.